The summed E-state index contributed by atoms with van der Waals surface area (Å²) in [7, 11) is 0. The summed E-state index contributed by atoms with van der Waals surface area (Å²) in [6, 6.07) is 17.5. The minimum atomic E-state index is -0.758. The molecule has 0 bridgehead atoms. The highest BCUT2D eigenvalue weighted by molar-refractivity contribution is 5.83. The highest BCUT2D eigenvalue weighted by Gasteiger charge is 2.10. The third-order valence-corrected chi connectivity index (χ3v) is 3.96. The molecule has 1 heterocycles. The van der Waals surface area contributed by atoms with Gasteiger partial charge in [0.1, 0.15) is 25.0 Å². The Bertz CT molecular complexity index is 857. The number of amides is 1. The van der Waals surface area contributed by atoms with Gasteiger partial charge in [-0.15, -0.1) is 0 Å². The van der Waals surface area contributed by atoms with Crippen molar-refractivity contribution < 1.29 is 14.6 Å². The summed E-state index contributed by atoms with van der Waals surface area (Å²) in [5.74, 6) is 0.570. The van der Waals surface area contributed by atoms with E-state index in [0.29, 0.717) is 5.75 Å². The summed E-state index contributed by atoms with van der Waals surface area (Å²) < 4.78 is 7.43. The average Bonchev–Trinajstić information content (AvgIpc) is 3.01. The van der Waals surface area contributed by atoms with E-state index >= 15 is 0 Å². The molecule has 5 heteroatoms. The first-order chi connectivity index (χ1) is 12.1. The minimum absolute atomic E-state index is 0.135. The van der Waals surface area contributed by atoms with Gasteiger partial charge in [-0.25, -0.2) is 0 Å². The van der Waals surface area contributed by atoms with Crippen molar-refractivity contribution in [1.82, 2.24) is 9.88 Å². The van der Waals surface area contributed by atoms with Gasteiger partial charge >= 0.3 is 0 Å². The number of nitrogens with one attached hydrogen (secondary N) is 1. The van der Waals surface area contributed by atoms with E-state index in [0.717, 1.165) is 16.5 Å². The molecule has 1 amide bonds. The van der Waals surface area contributed by atoms with Gasteiger partial charge in [-0.3, -0.25) is 4.79 Å². The second-order valence-electron chi connectivity index (χ2n) is 6.09. The maximum atomic E-state index is 12.1. The van der Waals surface area contributed by atoms with Crippen LogP contribution in [-0.2, 0) is 11.3 Å². The Morgan fingerprint density at radius 1 is 1.20 bits per heavy atom. The first kappa shape index (κ1) is 17.0. The van der Waals surface area contributed by atoms with Crippen LogP contribution < -0.4 is 10.1 Å². The summed E-state index contributed by atoms with van der Waals surface area (Å²) >= 11 is 0. The molecule has 3 aromatic rings. The van der Waals surface area contributed by atoms with E-state index < -0.39 is 6.10 Å². The van der Waals surface area contributed by atoms with Gasteiger partial charge in [-0.1, -0.05) is 30.3 Å². The van der Waals surface area contributed by atoms with Crippen molar-refractivity contribution in [2.75, 3.05) is 13.2 Å². The van der Waals surface area contributed by atoms with Crippen molar-refractivity contribution in [3.63, 3.8) is 0 Å². The SMILES string of the molecule is Cc1cccc(OCC(O)CNC(=O)Cn2ccc3ccccc32)c1. The lowest BCUT2D eigenvalue weighted by atomic mass is 10.2. The summed E-state index contributed by atoms with van der Waals surface area (Å²) in [6.45, 7) is 2.49. The van der Waals surface area contributed by atoms with Crippen LogP contribution >= 0.6 is 0 Å². The Morgan fingerprint density at radius 2 is 2.04 bits per heavy atom. The molecule has 0 spiro atoms. The molecule has 130 valence electrons. The molecule has 1 unspecified atom stereocenters. The Morgan fingerprint density at radius 3 is 2.88 bits per heavy atom. The monoisotopic (exact) mass is 338 g/mol. The van der Waals surface area contributed by atoms with Crippen LogP contribution in [0.1, 0.15) is 5.56 Å². The number of fused-ring (bicyclic) bond motifs is 1. The molecule has 0 aliphatic carbocycles. The molecular formula is C20H22N2O3. The van der Waals surface area contributed by atoms with Gasteiger partial charge in [-0.05, 0) is 42.1 Å². The van der Waals surface area contributed by atoms with Gasteiger partial charge < -0.3 is 19.7 Å². The number of carbonyl (C=O) groups excluding carboxylic acids is 1. The number of carbonyl (C=O) groups is 1. The fourth-order valence-corrected chi connectivity index (χ4v) is 2.68. The highest BCUT2D eigenvalue weighted by Crippen LogP contribution is 2.15. The van der Waals surface area contributed by atoms with Crippen molar-refractivity contribution >= 4 is 16.8 Å². The van der Waals surface area contributed by atoms with Crippen LogP contribution in [-0.4, -0.2) is 34.8 Å². The normalized spacial score (nSPS) is 12.1. The fourth-order valence-electron chi connectivity index (χ4n) is 2.68. The molecule has 0 saturated heterocycles. The largest absolute Gasteiger partial charge is 0.491 e. The first-order valence-electron chi connectivity index (χ1n) is 8.30. The van der Waals surface area contributed by atoms with E-state index in [2.05, 4.69) is 5.32 Å². The molecule has 5 nitrogen and oxygen atoms in total. The van der Waals surface area contributed by atoms with Crippen LogP contribution in [0, 0.1) is 6.92 Å². The Labute approximate surface area is 146 Å². The number of para-hydroxylation sites is 1. The second-order valence-corrected chi connectivity index (χ2v) is 6.09. The van der Waals surface area contributed by atoms with Gasteiger partial charge in [-0.2, -0.15) is 0 Å². The average molecular weight is 338 g/mol. The smallest absolute Gasteiger partial charge is 0.240 e. The molecule has 0 aliphatic heterocycles. The zero-order valence-corrected chi connectivity index (χ0v) is 14.2. The van der Waals surface area contributed by atoms with Crippen LogP contribution in [0.3, 0.4) is 0 Å². The lowest BCUT2D eigenvalue weighted by molar-refractivity contribution is -0.122. The molecular weight excluding hydrogens is 316 g/mol. The lowest BCUT2D eigenvalue weighted by Gasteiger charge is -2.14. The summed E-state index contributed by atoms with van der Waals surface area (Å²) in [6.07, 6.45) is 1.13. The maximum absolute atomic E-state index is 12.1. The Hall–Kier alpha value is -2.79. The number of aliphatic hydroxyl groups excluding tert-OH is 1. The number of aryl methyl sites for hydroxylation is 1. The predicted octanol–water partition coefficient (Wildman–Crippen LogP) is 2.51. The Kier molecular flexibility index (Phi) is 5.36. The summed E-state index contributed by atoms with van der Waals surface area (Å²) in [5, 5.41) is 13.8. The molecule has 0 aliphatic rings. The topological polar surface area (TPSA) is 63.5 Å². The van der Waals surface area contributed by atoms with E-state index in [1.165, 1.54) is 0 Å². The van der Waals surface area contributed by atoms with E-state index in [9.17, 15) is 9.90 Å². The molecule has 1 atom stereocenters. The maximum Gasteiger partial charge on any atom is 0.240 e. The van der Waals surface area contributed by atoms with E-state index in [-0.39, 0.29) is 25.6 Å². The number of benzene rings is 2. The van der Waals surface area contributed by atoms with Gasteiger partial charge in [0.2, 0.25) is 5.91 Å². The molecule has 0 fully saturated rings. The van der Waals surface area contributed by atoms with Crippen molar-refractivity contribution in [1.29, 1.82) is 0 Å². The lowest BCUT2D eigenvalue weighted by Crippen LogP contribution is -2.36. The zero-order valence-electron chi connectivity index (χ0n) is 14.2. The standard InChI is InChI=1S/C20H22N2O3/c1-15-5-4-7-18(11-15)25-14-17(23)12-21-20(24)13-22-10-9-16-6-2-3-8-19(16)22/h2-11,17,23H,12-14H2,1H3,(H,21,24). The number of rotatable bonds is 7. The summed E-state index contributed by atoms with van der Waals surface area (Å²) in [5.41, 5.74) is 2.11. The van der Waals surface area contributed by atoms with Crippen molar-refractivity contribution in [3.05, 3.63) is 66.4 Å². The number of aliphatic hydroxyl groups is 1. The first-order valence-corrected chi connectivity index (χ1v) is 8.30. The molecule has 3 rings (SSSR count). The minimum Gasteiger partial charge on any atom is -0.491 e. The second kappa shape index (κ2) is 7.85. The highest BCUT2D eigenvalue weighted by atomic mass is 16.5. The fraction of sp³-hybridized carbons (Fsp3) is 0.250. The quantitative estimate of drug-likeness (QED) is 0.696. The zero-order chi connectivity index (χ0) is 17.6. The van der Waals surface area contributed by atoms with E-state index in [4.69, 9.17) is 4.74 Å². The van der Waals surface area contributed by atoms with Gasteiger partial charge in [0, 0.05) is 18.3 Å². The van der Waals surface area contributed by atoms with Gasteiger partial charge in [0.05, 0.1) is 0 Å². The van der Waals surface area contributed by atoms with Crippen LogP contribution in [0.5, 0.6) is 5.75 Å². The van der Waals surface area contributed by atoms with Crippen LogP contribution in [0.15, 0.2) is 60.8 Å². The van der Waals surface area contributed by atoms with E-state index in [1.54, 1.807) is 0 Å². The van der Waals surface area contributed by atoms with E-state index in [1.807, 2.05) is 72.3 Å². The van der Waals surface area contributed by atoms with Crippen molar-refractivity contribution in [2.24, 2.45) is 0 Å². The third-order valence-electron chi connectivity index (χ3n) is 3.96. The van der Waals surface area contributed by atoms with Crippen molar-refractivity contribution in [2.45, 2.75) is 19.6 Å². The number of aromatic nitrogens is 1. The molecule has 2 aromatic carbocycles. The number of ether oxygens (including phenoxy) is 1. The predicted molar refractivity (Wildman–Crippen MR) is 97.6 cm³/mol. The third kappa shape index (κ3) is 4.61. The number of hydrogen-bond donors (Lipinski definition) is 2. The summed E-state index contributed by atoms with van der Waals surface area (Å²) in [4.78, 5) is 12.1. The van der Waals surface area contributed by atoms with Gasteiger partial charge in [0.15, 0.2) is 0 Å². The molecule has 25 heavy (non-hydrogen) atoms. The molecule has 2 N–H and O–H groups in total. The Balaban J connectivity index is 1.45. The molecule has 0 radical (unpaired) electrons. The molecule has 0 saturated carbocycles. The van der Waals surface area contributed by atoms with Crippen LogP contribution in [0.25, 0.3) is 10.9 Å². The molecule has 1 aromatic heterocycles. The van der Waals surface area contributed by atoms with Gasteiger partial charge in [0.25, 0.3) is 0 Å². The number of nitrogens with zero attached hydrogens (tertiary/aromatic N) is 1. The van der Waals surface area contributed by atoms with Crippen molar-refractivity contribution in [3.8, 4) is 5.75 Å². The van der Waals surface area contributed by atoms with Crippen LogP contribution in [0.2, 0.25) is 0 Å². The van der Waals surface area contributed by atoms with Crippen LogP contribution in [0.4, 0.5) is 0 Å². The number of hydrogen-bond acceptors (Lipinski definition) is 3.